The summed E-state index contributed by atoms with van der Waals surface area (Å²) in [4.78, 5) is 13.0. The quantitative estimate of drug-likeness (QED) is 0.735. The summed E-state index contributed by atoms with van der Waals surface area (Å²) in [5.41, 5.74) is 7.27. The summed E-state index contributed by atoms with van der Waals surface area (Å²) < 4.78 is 0. The van der Waals surface area contributed by atoms with E-state index in [0.29, 0.717) is 5.78 Å². The summed E-state index contributed by atoms with van der Waals surface area (Å²) in [6.07, 6.45) is 0. The molecule has 0 amide bonds. The monoisotopic (exact) mass is 370 g/mol. The van der Waals surface area contributed by atoms with Gasteiger partial charge in [0.05, 0.1) is 0 Å². The van der Waals surface area contributed by atoms with Crippen LogP contribution in [0.5, 0.6) is 0 Å². The third-order valence-corrected chi connectivity index (χ3v) is 5.08. The molecule has 0 aromatic heterocycles. The standard InChI is InChI=1S/C21H26O.K.2H2O.H/c1-13-9-7-11-19(15(13)3)17(5)21(22)18(6)20-12-8-10-14(2)16(20)4;;;;/h7-12,17-18H,1-6H3;;2*1H2;/q;+1;;;-1. The Kier molecular flexibility index (Phi) is 12.3. The van der Waals surface area contributed by atoms with Gasteiger partial charge in [0.25, 0.3) is 0 Å². The molecule has 0 spiro atoms. The summed E-state index contributed by atoms with van der Waals surface area (Å²) >= 11 is 0. The zero-order valence-electron chi connectivity index (χ0n) is 17.5. The Bertz CT molecular complexity index is 657. The minimum Gasteiger partial charge on any atom is -1.00 e. The first kappa shape index (κ1) is 26.9. The number of aryl methyl sites for hydroxylation is 2. The molecule has 0 fully saturated rings. The maximum absolute atomic E-state index is 13.0. The summed E-state index contributed by atoms with van der Waals surface area (Å²) in [5.74, 6) is 0.145. The number of carbonyl (C=O) groups is 1. The van der Waals surface area contributed by atoms with Crippen molar-refractivity contribution in [2.45, 2.75) is 53.4 Å². The van der Waals surface area contributed by atoms with Crippen molar-refractivity contribution >= 4 is 5.78 Å². The van der Waals surface area contributed by atoms with E-state index in [9.17, 15) is 4.79 Å². The largest absolute Gasteiger partial charge is 1.00 e. The molecular formula is C21H31KO3. The van der Waals surface area contributed by atoms with E-state index < -0.39 is 0 Å². The molecule has 25 heavy (non-hydrogen) atoms. The van der Waals surface area contributed by atoms with E-state index in [-0.39, 0.29) is 75.6 Å². The summed E-state index contributed by atoms with van der Waals surface area (Å²) in [6.45, 7) is 12.5. The van der Waals surface area contributed by atoms with Gasteiger partial charge in [0.15, 0.2) is 0 Å². The Morgan fingerprint density at radius 2 is 1.08 bits per heavy atom. The molecule has 0 radical (unpaired) electrons. The molecular weight excluding hydrogens is 339 g/mol. The first-order chi connectivity index (χ1) is 10.3. The molecule has 2 atom stereocenters. The van der Waals surface area contributed by atoms with Gasteiger partial charge in [0.2, 0.25) is 0 Å². The average Bonchev–Trinajstić information content (AvgIpc) is 2.50. The number of ketones is 1. The predicted molar refractivity (Wildman–Crippen MR) is 102 cm³/mol. The molecule has 0 bridgehead atoms. The Morgan fingerprint density at radius 1 is 0.760 bits per heavy atom. The van der Waals surface area contributed by atoms with E-state index >= 15 is 0 Å². The van der Waals surface area contributed by atoms with Gasteiger partial charge < -0.3 is 12.4 Å². The van der Waals surface area contributed by atoms with Crippen LogP contribution in [0, 0.1) is 27.7 Å². The van der Waals surface area contributed by atoms with E-state index in [4.69, 9.17) is 0 Å². The van der Waals surface area contributed by atoms with Gasteiger partial charge in [-0.05, 0) is 61.1 Å². The maximum atomic E-state index is 13.0. The van der Waals surface area contributed by atoms with E-state index in [1.54, 1.807) is 0 Å². The Labute approximate surface area is 195 Å². The van der Waals surface area contributed by atoms with Gasteiger partial charge in [-0.2, -0.15) is 0 Å². The van der Waals surface area contributed by atoms with Gasteiger partial charge in [0.1, 0.15) is 5.78 Å². The van der Waals surface area contributed by atoms with Crippen LogP contribution in [-0.2, 0) is 4.79 Å². The van der Waals surface area contributed by atoms with Crippen molar-refractivity contribution in [1.82, 2.24) is 0 Å². The molecule has 4 heteroatoms. The van der Waals surface area contributed by atoms with E-state index in [1.165, 1.54) is 22.3 Å². The minimum atomic E-state index is -0.0742. The molecule has 0 saturated heterocycles. The molecule has 4 N–H and O–H groups in total. The molecule has 3 nitrogen and oxygen atoms in total. The van der Waals surface area contributed by atoms with Crippen molar-refractivity contribution in [2.75, 3.05) is 0 Å². The van der Waals surface area contributed by atoms with Gasteiger partial charge in [-0.3, -0.25) is 4.79 Å². The molecule has 0 aliphatic carbocycles. The van der Waals surface area contributed by atoms with Gasteiger partial charge in [0, 0.05) is 11.8 Å². The van der Waals surface area contributed by atoms with Gasteiger partial charge in [-0.15, -0.1) is 0 Å². The Morgan fingerprint density at radius 3 is 1.40 bits per heavy atom. The molecule has 2 aromatic carbocycles. The fraction of sp³-hybridized carbons (Fsp3) is 0.381. The second-order valence-electron chi connectivity index (χ2n) is 6.42. The summed E-state index contributed by atoms with van der Waals surface area (Å²) in [6, 6.07) is 12.5. The van der Waals surface area contributed by atoms with Crippen LogP contribution < -0.4 is 51.4 Å². The van der Waals surface area contributed by atoms with Crippen molar-refractivity contribution < 1.29 is 68.6 Å². The van der Waals surface area contributed by atoms with Crippen LogP contribution in [0.2, 0.25) is 0 Å². The molecule has 0 aliphatic rings. The van der Waals surface area contributed by atoms with Gasteiger partial charge in [-0.1, -0.05) is 50.2 Å². The fourth-order valence-electron chi connectivity index (χ4n) is 3.17. The Balaban J connectivity index is -0.00000132. The number of Topliss-reactive ketones (excluding diaryl/α,β-unsaturated/α-hetero) is 1. The number of hydrogen-bond donors (Lipinski definition) is 0. The van der Waals surface area contributed by atoms with Crippen molar-refractivity contribution in [1.29, 1.82) is 0 Å². The van der Waals surface area contributed by atoms with E-state index in [1.807, 2.05) is 26.0 Å². The minimum absolute atomic E-state index is 0. The van der Waals surface area contributed by atoms with Crippen LogP contribution in [-0.4, -0.2) is 16.7 Å². The molecule has 134 valence electrons. The third kappa shape index (κ3) is 5.83. The fourth-order valence-corrected chi connectivity index (χ4v) is 3.17. The van der Waals surface area contributed by atoms with Crippen molar-refractivity contribution in [2.24, 2.45) is 0 Å². The molecule has 2 rings (SSSR count). The normalized spacial score (nSPS) is 12.1. The predicted octanol–water partition coefficient (Wildman–Crippen LogP) is 0.864. The first-order valence-corrected chi connectivity index (χ1v) is 8.00. The van der Waals surface area contributed by atoms with Crippen LogP contribution in [0.1, 0.15) is 60.5 Å². The summed E-state index contributed by atoms with van der Waals surface area (Å²) in [5, 5.41) is 0. The van der Waals surface area contributed by atoms with Crippen molar-refractivity contribution in [3.8, 4) is 0 Å². The van der Waals surface area contributed by atoms with Gasteiger partial charge in [-0.25, -0.2) is 0 Å². The maximum Gasteiger partial charge on any atom is 1.00 e. The van der Waals surface area contributed by atoms with Crippen LogP contribution in [0.3, 0.4) is 0 Å². The van der Waals surface area contributed by atoms with Crippen molar-refractivity contribution in [3.63, 3.8) is 0 Å². The van der Waals surface area contributed by atoms with Crippen LogP contribution in [0.4, 0.5) is 0 Å². The van der Waals surface area contributed by atoms with Crippen LogP contribution >= 0.6 is 0 Å². The Hall–Kier alpha value is -0.334. The molecule has 2 aromatic rings. The average molecular weight is 371 g/mol. The molecule has 0 heterocycles. The molecule has 0 saturated carbocycles. The third-order valence-electron chi connectivity index (χ3n) is 5.08. The topological polar surface area (TPSA) is 80.1 Å². The first-order valence-electron chi connectivity index (χ1n) is 8.00. The van der Waals surface area contributed by atoms with Crippen molar-refractivity contribution in [3.05, 3.63) is 69.8 Å². The summed E-state index contributed by atoms with van der Waals surface area (Å²) in [7, 11) is 0. The molecule has 0 aliphatic heterocycles. The van der Waals surface area contributed by atoms with Crippen LogP contribution in [0.25, 0.3) is 0 Å². The second kappa shape index (κ2) is 11.4. The number of carbonyl (C=O) groups excluding carboxylic acids is 1. The van der Waals surface area contributed by atoms with Gasteiger partial charge >= 0.3 is 51.4 Å². The van der Waals surface area contributed by atoms with Crippen LogP contribution in [0.15, 0.2) is 36.4 Å². The smallest absolute Gasteiger partial charge is 1.00 e. The second-order valence-corrected chi connectivity index (χ2v) is 6.42. The number of rotatable bonds is 4. The number of hydrogen-bond acceptors (Lipinski definition) is 1. The number of benzene rings is 2. The van der Waals surface area contributed by atoms with E-state index in [0.717, 1.165) is 11.1 Å². The zero-order chi connectivity index (χ0) is 16.4. The van der Waals surface area contributed by atoms with E-state index in [2.05, 4.69) is 52.0 Å². The zero-order valence-corrected chi connectivity index (χ0v) is 19.7. The molecule has 2 unspecified atom stereocenters. The SMILES string of the molecule is Cc1cccc(C(C)C(=O)C(C)c2cccc(C)c2C)c1C.O.O.[H-].[K+].